The van der Waals surface area contributed by atoms with Gasteiger partial charge in [-0.2, -0.15) is 5.10 Å². The second-order valence-electron chi connectivity index (χ2n) is 6.39. The first-order valence-electron chi connectivity index (χ1n) is 8.81. The van der Waals surface area contributed by atoms with Crippen molar-refractivity contribution in [1.29, 1.82) is 0 Å². The van der Waals surface area contributed by atoms with Crippen molar-refractivity contribution in [3.05, 3.63) is 80.0 Å². The lowest BCUT2D eigenvalue weighted by atomic mass is 10.2. The molecule has 1 aromatic heterocycles. The Kier molecular flexibility index (Phi) is 7.00. The number of anilines is 1. The number of amides is 1. The Bertz CT molecular complexity index is 1060. The number of halogens is 3. The van der Waals surface area contributed by atoms with Crippen molar-refractivity contribution < 1.29 is 4.79 Å². The number of hydrogen-bond donors (Lipinski definition) is 2. The summed E-state index contributed by atoms with van der Waals surface area (Å²) in [5.74, 6) is -0.240. The molecule has 0 atom stereocenters. The quantitative estimate of drug-likeness (QED) is 0.340. The van der Waals surface area contributed by atoms with E-state index in [1.54, 1.807) is 12.3 Å². The minimum atomic E-state index is -0.240. The highest BCUT2D eigenvalue weighted by Gasteiger charge is 2.13. The van der Waals surface area contributed by atoms with Crippen LogP contribution in [0, 0.1) is 13.8 Å². The van der Waals surface area contributed by atoms with E-state index < -0.39 is 0 Å². The van der Waals surface area contributed by atoms with Gasteiger partial charge < -0.3 is 9.88 Å². The number of aryl methyl sites for hydroxylation is 1. The molecular weight excluding hydrogens is 475 g/mol. The van der Waals surface area contributed by atoms with Crippen LogP contribution >= 0.6 is 39.1 Å². The average molecular weight is 494 g/mol. The summed E-state index contributed by atoms with van der Waals surface area (Å²) >= 11 is 15.9. The summed E-state index contributed by atoms with van der Waals surface area (Å²) < 4.78 is 2.99. The standard InChI is InChI=1S/C21H19BrCl2N4O/c1-13-10-15(14(2)28(13)19-5-3-4-18(23)21(19)24)11-26-27-20(29)12-25-17-8-6-16(22)7-9-17/h3-11,25H,12H2,1-2H3,(H,27,29)/b26-11-. The van der Waals surface area contributed by atoms with E-state index in [4.69, 9.17) is 23.2 Å². The highest BCUT2D eigenvalue weighted by Crippen LogP contribution is 2.31. The van der Waals surface area contributed by atoms with Gasteiger partial charge in [0.05, 0.1) is 28.5 Å². The molecule has 2 aromatic carbocycles. The van der Waals surface area contributed by atoms with Gasteiger partial charge in [-0.15, -0.1) is 0 Å². The first-order chi connectivity index (χ1) is 13.9. The van der Waals surface area contributed by atoms with Crippen molar-refractivity contribution >= 4 is 56.9 Å². The van der Waals surface area contributed by atoms with Gasteiger partial charge >= 0.3 is 0 Å². The van der Waals surface area contributed by atoms with Gasteiger partial charge in [0.15, 0.2) is 0 Å². The molecule has 29 heavy (non-hydrogen) atoms. The third-order valence-electron chi connectivity index (χ3n) is 4.33. The Morgan fingerprint density at radius 2 is 1.90 bits per heavy atom. The molecule has 0 saturated heterocycles. The zero-order chi connectivity index (χ0) is 21.0. The Hall–Kier alpha value is -2.28. The first-order valence-corrected chi connectivity index (χ1v) is 10.4. The summed E-state index contributed by atoms with van der Waals surface area (Å²) in [6.07, 6.45) is 1.62. The van der Waals surface area contributed by atoms with Crippen molar-refractivity contribution in [2.75, 3.05) is 11.9 Å². The van der Waals surface area contributed by atoms with Gasteiger partial charge in [-0.1, -0.05) is 45.2 Å². The van der Waals surface area contributed by atoms with Gasteiger partial charge in [0.2, 0.25) is 0 Å². The minimum absolute atomic E-state index is 0.121. The SMILES string of the molecule is Cc1cc(/C=N\NC(=O)CNc2ccc(Br)cc2)c(C)n1-c1cccc(Cl)c1Cl. The monoisotopic (exact) mass is 492 g/mol. The molecule has 8 heteroatoms. The molecule has 0 aliphatic rings. The number of nitrogens with one attached hydrogen (secondary N) is 2. The van der Waals surface area contributed by atoms with E-state index in [1.807, 2.05) is 60.9 Å². The molecule has 2 N–H and O–H groups in total. The molecule has 0 fully saturated rings. The minimum Gasteiger partial charge on any atom is -0.376 e. The molecule has 0 aliphatic carbocycles. The van der Waals surface area contributed by atoms with Crippen LogP contribution in [-0.2, 0) is 4.79 Å². The zero-order valence-electron chi connectivity index (χ0n) is 15.8. The van der Waals surface area contributed by atoms with E-state index in [-0.39, 0.29) is 12.5 Å². The van der Waals surface area contributed by atoms with Gasteiger partial charge in [-0.25, -0.2) is 5.43 Å². The van der Waals surface area contributed by atoms with Crippen LogP contribution < -0.4 is 10.7 Å². The van der Waals surface area contributed by atoms with E-state index in [0.29, 0.717) is 10.0 Å². The summed E-state index contributed by atoms with van der Waals surface area (Å²) in [7, 11) is 0. The summed E-state index contributed by atoms with van der Waals surface area (Å²) in [6.45, 7) is 4.06. The van der Waals surface area contributed by atoms with E-state index in [9.17, 15) is 4.79 Å². The lowest BCUT2D eigenvalue weighted by Crippen LogP contribution is -2.25. The molecule has 1 heterocycles. The number of rotatable bonds is 6. The molecule has 0 aliphatic heterocycles. The average Bonchev–Trinajstić information content (AvgIpc) is 2.97. The predicted octanol–water partition coefficient (Wildman–Crippen LogP) is 5.73. The summed E-state index contributed by atoms with van der Waals surface area (Å²) in [6, 6.07) is 15.1. The molecule has 0 spiro atoms. The Balaban J connectivity index is 1.66. The Morgan fingerprint density at radius 3 is 2.62 bits per heavy atom. The van der Waals surface area contributed by atoms with Gasteiger partial charge in [-0.05, 0) is 56.3 Å². The second-order valence-corrected chi connectivity index (χ2v) is 8.09. The fraction of sp³-hybridized carbons (Fsp3) is 0.143. The van der Waals surface area contributed by atoms with Gasteiger partial charge in [0.1, 0.15) is 0 Å². The van der Waals surface area contributed by atoms with E-state index >= 15 is 0 Å². The van der Waals surface area contributed by atoms with Crippen LogP contribution in [0.1, 0.15) is 17.0 Å². The van der Waals surface area contributed by atoms with Crippen molar-refractivity contribution in [3.8, 4) is 5.69 Å². The fourth-order valence-corrected chi connectivity index (χ4v) is 3.56. The normalized spacial score (nSPS) is 11.1. The van der Waals surface area contributed by atoms with Crippen LogP contribution in [0.2, 0.25) is 10.0 Å². The van der Waals surface area contributed by atoms with Crippen LogP contribution in [0.15, 0.2) is 58.1 Å². The van der Waals surface area contributed by atoms with Crippen molar-refractivity contribution in [2.45, 2.75) is 13.8 Å². The number of carbonyl (C=O) groups is 1. The molecule has 0 saturated carbocycles. The third kappa shape index (κ3) is 5.21. The van der Waals surface area contributed by atoms with Crippen LogP contribution in [0.4, 0.5) is 5.69 Å². The number of carbonyl (C=O) groups excluding carboxylic acids is 1. The molecule has 150 valence electrons. The van der Waals surface area contributed by atoms with Crippen LogP contribution in [0.25, 0.3) is 5.69 Å². The van der Waals surface area contributed by atoms with Crippen LogP contribution in [0.5, 0.6) is 0 Å². The molecule has 5 nitrogen and oxygen atoms in total. The largest absolute Gasteiger partial charge is 0.376 e. The van der Waals surface area contributed by atoms with E-state index in [1.165, 1.54) is 0 Å². The molecule has 0 radical (unpaired) electrons. The van der Waals surface area contributed by atoms with Gasteiger partial charge in [0, 0.05) is 27.1 Å². The highest BCUT2D eigenvalue weighted by atomic mass is 79.9. The molecule has 3 rings (SSSR count). The smallest absolute Gasteiger partial charge is 0.259 e. The van der Waals surface area contributed by atoms with Gasteiger partial charge in [0.25, 0.3) is 5.91 Å². The number of hydrogen-bond acceptors (Lipinski definition) is 3. The van der Waals surface area contributed by atoms with Crippen molar-refractivity contribution in [3.63, 3.8) is 0 Å². The predicted molar refractivity (Wildman–Crippen MR) is 124 cm³/mol. The molecule has 0 bridgehead atoms. The highest BCUT2D eigenvalue weighted by molar-refractivity contribution is 9.10. The summed E-state index contributed by atoms with van der Waals surface area (Å²) in [5, 5.41) is 8.10. The maximum absolute atomic E-state index is 12.0. The lowest BCUT2D eigenvalue weighted by Gasteiger charge is -2.12. The molecule has 1 amide bonds. The Morgan fingerprint density at radius 1 is 1.17 bits per heavy atom. The van der Waals surface area contributed by atoms with Crippen LogP contribution in [-0.4, -0.2) is 23.2 Å². The zero-order valence-corrected chi connectivity index (χ0v) is 18.9. The van der Waals surface area contributed by atoms with Gasteiger partial charge in [-0.3, -0.25) is 4.79 Å². The second kappa shape index (κ2) is 9.48. The lowest BCUT2D eigenvalue weighted by molar-refractivity contribution is -0.119. The topological polar surface area (TPSA) is 58.4 Å². The summed E-state index contributed by atoms with van der Waals surface area (Å²) in [4.78, 5) is 12.0. The van der Waals surface area contributed by atoms with E-state index in [2.05, 4.69) is 31.8 Å². The molecular formula is C21H19BrCl2N4O. The van der Waals surface area contributed by atoms with Crippen molar-refractivity contribution in [2.24, 2.45) is 5.10 Å². The maximum atomic E-state index is 12.0. The maximum Gasteiger partial charge on any atom is 0.259 e. The fourth-order valence-electron chi connectivity index (χ4n) is 2.92. The third-order valence-corrected chi connectivity index (χ3v) is 5.67. The summed E-state index contributed by atoms with van der Waals surface area (Å²) in [5.41, 5.74) is 6.99. The first kappa shape index (κ1) is 21.4. The number of nitrogens with zero attached hydrogens (tertiary/aromatic N) is 2. The molecule has 0 unspecified atom stereocenters. The Labute approximate surface area is 187 Å². The number of benzene rings is 2. The van der Waals surface area contributed by atoms with Crippen LogP contribution in [0.3, 0.4) is 0 Å². The van der Waals surface area contributed by atoms with E-state index in [0.717, 1.165) is 32.8 Å². The number of aromatic nitrogens is 1. The molecule has 3 aromatic rings. The van der Waals surface area contributed by atoms with Crippen molar-refractivity contribution in [1.82, 2.24) is 9.99 Å². The number of hydrazone groups is 1.